The second-order valence-corrected chi connectivity index (χ2v) is 5.88. The lowest BCUT2D eigenvalue weighted by molar-refractivity contribution is -0.131. The molecule has 2 atom stereocenters. The Morgan fingerprint density at radius 2 is 2.25 bits per heavy atom. The molecule has 0 aromatic heterocycles. The van der Waals surface area contributed by atoms with Gasteiger partial charge in [-0.15, -0.1) is 24.2 Å². The van der Waals surface area contributed by atoms with Crippen LogP contribution in [0.2, 0.25) is 0 Å². The molecule has 0 aliphatic carbocycles. The van der Waals surface area contributed by atoms with Gasteiger partial charge in [0, 0.05) is 24.7 Å². The van der Waals surface area contributed by atoms with Crippen LogP contribution in [-0.4, -0.2) is 41.6 Å². The molecule has 0 saturated carbocycles. The number of nitrogens with zero attached hydrogens (tertiary/aromatic N) is 1. The number of amides is 1. The van der Waals surface area contributed by atoms with E-state index in [1.54, 1.807) is 0 Å². The summed E-state index contributed by atoms with van der Waals surface area (Å²) in [5.41, 5.74) is 0. The van der Waals surface area contributed by atoms with Gasteiger partial charge >= 0.3 is 0 Å². The normalized spacial score (nSPS) is 29.6. The average molecular weight is 265 g/mol. The highest BCUT2D eigenvalue weighted by molar-refractivity contribution is 7.99. The summed E-state index contributed by atoms with van der Waals surface area (Å²) in [6.07, 6.45) is 1.18. The fourth-order valence-corrected chi connectivity index (χ4v) is 3.24. The molecule has 2 aliphatic rings. The summed E-state index contributed by atoms with van der Waals surface area (Å²) in [7, 11) is 0. The lowest BCUT2D eigenvalue weighted by atomic mass is 9.95. The molecule has 2 rings (SSSR count). The Kier molecular flexibility index (Phi) is 5.41. The summed E-state index contributed by atoms with van der Waals surface area (Å²) >= 11 is 1.82. The number of thioether (sulfide) groups is 1. The summed E-state index contributed by atoms with van der Waals surface area (Å²) in [5, 5.41) is 3.25. The van der Waals surface area contributed by atoms with Crippen molar-refractivity contribution in [2.24, 2.45) is 11.8 Å². The van der Waals surface area contributed by atoms with E-state index in [0.717, 1.165) is 24.7 Å². The van der Waals surface area contributed by atoms with Crippen LogP contribution >= 0.6 is 24.2 Å². The van der Waals surface area contributed by atoms with Crippen molar-refractivity contribution < 1.29 is 4.79 Å². The van der Waals surface area contributed by atoms with Gasteiger partial charge in [-0.25, -0.2) is 0 Å². The Hall–Kier alpha value is 0.0700. The smallest absolute Gasteiger partial charge is 0.240 e. The lowest BCUT2D eigenvalue weighted by Gasteiger charge is -2.21. The standard InChI is InChI=1S/C11H20N2OS.ClH/c1-8(2)9-3-4-13(5-9)11(14)10-6-15-7-12-10;/h8-10,12H,3-7H2,1-2H3;1H. The van der Waals surface area contributed by atoms with E-state index in [9.17, 15) is 4.79 Å². The number of nitrogens with one attached hydrogen (secondary N) is 1. The molecule has 2 heterocycles. The third kappa shape index (κ3) is 3.05. The third-order valence-electron chi connectivity index (χ3n) is 3.49. The predicted octanol–water partition coefficient (Wildman–Crippen LogP) is 1.58. The zero-order valence-corrected chi connectivity index (χ0v) is 11.6. The van der Waals surface area contributed by atoms with Gasteiger partial charge in [0.15, 0.2) is 0 Å². The van der Waals surface area contributed by atoms with Crippen LogP contribution in [0.3, 0.4) is 0 Å². The van der Waals surface area contributed by atoms with Crippen molar-refractivity contribution in [1.29, 1.82) is 0 Å². The van der Waals surface area contributed by atoms with Gasteiger partial charge in [0.2, 0.25) is 5.91 Å². The first-order valence-electron chi connectivity index (χ1n) is 5.78. The Balaban J connectivity index is 0.00000128. The summed E-state index contributed by atoms with van der Waals surface area (Å²) in [6.45, 7) is 6.44. The molecule has 0 aromatic rings. The molecule has 1 amide bonds. The van der Waals surface area contributed by atoms with Crippen molar-refractivity contribution in [3.63, 3.8) is 0 Å². The van der Waals surface area contributed by atoms with Gasteiger partial charge in [0.05, 0.1) is 6.04 Å². The summed E-state index contributed by atoms with van der Waals surface area (Å²) in [5.74, 6) is 3.61. The fraction of sp³-hybridized carbons (Fsp3) is 0.909. The van der Waals surface area contributed by atoms with Gasteiger partial charge in [0.1, 0.15) is 0 Å². The zero-order chi connectivity index (χ0) is 10.8. The number of carbonyl (C=O) groups is 1. The number of rotatable bonds is 2. The summed E-state index contributed by atoms with van der Waals surface area (Å²) in [4.78, 5) is 14.1. The maximum atomic E-state index is 12.1. The molecular weight excluding hydrogens is 244 g/mol. The van der Waals surface area contributed by atoms with Crippen LogP contribution in [0.15, 0.2) is 0 Å². The largest absolute Gasteiger partial charge is 0.341 e. The SMILES string of the molecule is CC(C)C1CCN(C(=O)C2CSCN2)C1.Cl. The van der Waals surface area contributed by atoms with E-state index >= 15 is 0 Å². The maximum Gasteiger partial charge on any atom is 0.240 e. The number of hydrogen-bond donors (Lipinski definition) is 1. The number of likely N-dealkylation sites (tertiary alicyclic amines) is 1. The molecule has 94 valence electrons. The van der Waals surface area contributed by atoms with Crippen molar-refractivity contribution in [3.8, 4) is 0 Å². The number of carbonyl (C=O) groups excluding carboxylic acids is 1. The Labute approximate surface area is 108 Å². The molecule has 0 radical (unpaired) electrons. The second-order valence-electron chi connectivity index (χ2n) is 4.85. The van der Waals surface area contributed by atoms with Crippen LogP contribution in [0.5, 0.6) is 0 Å². The molecule has 0 bridgehead atoms. The van der Waals surface area contributed by atoms with Crippen molar-refractivity contribution in [3.05, 3.63) is 0 Å². The predicted molar refractivity (Wildman–Crippen MR) is 71.0 cm³/mol. The van der Waals surface area contributed by atoms with Gasteiger partial charge in [-0.2, -0.15) is 0 Å². The molecular formula is C11H21ClN2OS. The van der Waals surface area contributed by atoms with Crippen molar-refractivity contribution in [1.82, 2.24) is 10.2 Å². The maximum absolute atomic E-state index is 12.1. The molecule has 0 spiro atoms. The van der Waals surface area contributed by atoms with Gasteiger partial charge in [-0.1, -0.05) is 13.8 Å². The second kappa shape index (κ2) is 6.12. The van der Waals surface area contributed by atoms with Gasteiger partial charge in [-0.05, 0) is 18.3 Å². The van der Waals surface area contributed by atoms with E-state index < -0.39 is 0 Å². The van der Waals surface area contributed by atoms with Crippen molar-refractivity contribution in [2.75, 3.05) is 24.7 Å². The van der Waals surface area contributed by atoms with Gasteiger partial charge in [-0.3, -0.25) is 10.1 Å². The van der Waals surface area contributed by atoms with Crippen LogP contribution in [0, 0.1) is 11.8 Å². The number of halogens is 1. The lowest BCUT2D eigenvalue weighted by Crippen LogP contribution is -2.44. The summed E-state index contributed by atoms with van der Waals surface area (Å²) in [6, 6.07) is 0.0842. The minimum Gasteiger partial charge on any atom is -0.341 e. The first kappa shape index (κ1) is 14.1. The topological polar surface area (TPSA) is 32.3 Å². The van der Waals surface area contributed by atoms with Crippen LogP contribution in [0.25, 0.3) is 0 Å². The van der Waals surface area contributed by atoms with Crippen molar-refractivity contribution in [2.45, 2.75) is 26.3 Å². The van der Waals surface area contributed by atoms with Crippen LogP contribution in [-0.2, 0) is 4.79 Å². The highest BCUT2D eigenvalue weighted by Gasteiger charge is 2.33. The molecule has 2 unspecified atom stereocenters. The van der Waals surface area contributed by atoms with Crippen LogP contribution < -0.4 is 5.32 Å². The van der Waals surface area contributed by atoms with E-state index in [1.807, 2.05) is 16.7 Å². The van der Waals surface area contributed by atoms with E-state index in [1.165, 1.54) is 6.42 Å². The summed E-state index contributed by atoms with van der Waals surface area (Å²) < 4.78 is 0. The molecule has 1 N–H and O–H groups in total. The monoisotopic (exact) mass is 264 g/mol. The highest BCUT2D eigenvalue weighted by atomic mass is 35.5. The minimum absolute atomic E-state index is 0. The number of hydrogen-bond acceptors (Lipinski definition) is 3. The molecule has 2 fully saturated rings. The molecule has 3 nitrogen and oxygen atoms in total. The molecule has 5 heteroatoms. The minimum atomic E-state index is 0. The van der Waals surface area contributed by atoms with E-state index in [0.29, 0.717) is 17.7 Å². The Morgan fingerprint density at radius 1 is 1.50 bits per heavy atom. The van der Waals surface area contributed by atoms with Gasteiger partial charge < -0.3 is 4.90 Å². The first-order valence-corrected chi connectivity index (χ1v) is 6.94. The zero-order valence-electron chi connectivity index (χ0n) is 9.94. The Morgan fingerprint density at radius 3 is 2.75 bits per heavy atom. The molecule has 2 aliphatic heterocycles. The third-order valence-corrected chi connectivity index (χ3v) is 4.43. The Bertz CT molecular complexity index is 244. The van der Waals surface area contributed by atoms with E-state index in [4.69, 9.17) is 0 Å². The van der Waals surface area contributed by atoms with E-state index in [-0.39, 0.29) is 18.4 Å². The van der Waals surface area contributed by atoms with E-state index in [2.05, 4.69) is 19.2 Å². The first-order chi connectivity index (χ1) is 7.18. The van der Waals surface area contributed by atoms with Crippen LogP contribution in [0.1, 0.15) is 20.3 Å². The highest BCUT2D eigenvalue weighted by Crippen LogP contribution is 2.25. The van der Waals surface area contributed by atoms with Crippen molar-refractivity contribution >= 4 is 30.1 Å². The molecule has 2 saturated heterocycles. The quantitative estimate of drug-likeness (QED) is 0.822. The molecule has 16 heavy (non-hydrogen) atoms. The molecule has 0 aromatic carbocycles. The fourth-order valence-electron chi connectivity index (χ4n) is 2.31. The van der Waals surface area contributed by atoms with Gasteiger partial charge in [0.25, 0.3) is 0 Å². The van der Waals surface area contributed by atoms with Crippen LogP contribution in [0.4, 0.5) is 0 Å². The average Bonchev–Trinajstić information content (AvgIpc) is 2.88.